The van der Waals surface area contributed by atoms with E-state index in [1.165, 1.54) is 30.3 Å². The Bertz CT molecular complexity index is 936. The maximum atomic E-state index is 12.5. The lowest BCUT2D eigenvalue weighted by Gasteiger charge is -2.22. The molecule has 156 valence electrons. The number of anilines is 1. The van der Waals surface area contributed by atoms with Crippen LogP contribution in [-0.4, -0.2) is 36.1 Å². The summed E-state index contributed by atoms with van der Waals surface area (Å²) in [6.07, 6.45) is 5.05. The Morgan fingerprint density at radius 2 is 1.69 bits per heavy atom. The fourth-order valence-corrected chi connectivity index (χ4v) is 5.37. The number of carbonyl (C=O) groups excluding carboxylic acids is 1. The molecule has 1 aliphatic carbocycles. The largest absolute Gasteiger partial charge is 0.325 e. The van der Waals surface area contributed by atoms with Gasteiger partial charge in [-0.15, -0.1) is 0 Å². The standard InChI is InChI=1S/C20H26N4O3S2/c1-14-12-15(2)22-20(21-14)28-13-19(25)23-16-8-10-18(11-9-16)29(26,27)24-17-6-4-3-5-7-17/h8-12,17,24H,3-7,13H2,1-2H3,(H,23,25). The number of nitrogens with one attached hydrogen (secondary N) is 2. The van der Waals surface area contributed by atoms with E-state index < -0.39 is 10.0 Å². The van der Waals surface area contributed by atoms with Gasteiger partial charge in [0.2, 0.25) is 15.9 Å². The number of hydrogen-bond donors (Lipinski definition) is 2. The number of rotatable bonds is 7. The van der Waals surface area contributed by atoms with Crippen LogP contribution in [0, 0.1) is 13.8 Å². The van der Waals surface area contributed by atoms with Crippen LogP contribution in [0.2, 0.25) is 0 Å². The van der Waals surface area contributed by atoms with Crippen LogP contribution in [0.1, 0.15) is 43.5 Å². The molecule has 0 bridgehead atoms. The van der Waals surface area contributed by atoms with Gasteiger partial charge < -0.3 is 5.32 Å². The lowest BCUT2D eigenvalue weighted by Crippen LogP contribution is -2.36. The highest BCUT2D eigenvalue weighted by Gasteiger charge is 2.21. The van der Waals surface area contributed by atoms with Crippen molar-refractivity contribution in [2.75, 3.05) is 11.1 Å². The number of benzene rings is 1. The number of aromatic nitrogens is 2. The highest BCUT2D eigenvalue weighted by molar-refractivity contribution is 7.99. The molecule has 7 nitrogen and oxygen atoms in total. The van der Waals surface area contributed by atoms with E-state index in [-0.39, 0.29) is 22.6 Å². The summed E-state index contributed by atoms with van der Waals surface area (Å²) in [6.45, 7) is 3.77. The summed E-state index contributed by atoms with van der Waals surface area (Å²) in [6, 6.07) is 8.12. The second kappa shape index (κ2) is 9.69. The maximum Gasteiger partial charge on any atom is 0.240 e. The van der Waals surface area contributed by atoms with Gasteiger partial charge >= 0.3 is 0 Å². The van der Waals surface area contributed by atoms with Crippen LogP contribution in [0.4, 0.5) is 5.69 Å². The number of amides is 1. The highest BCUT2D eigenvalue weighted by Crippen LogP contribution is 2.21. The monoisotopic (exact) mass is 434 g/mol. The Hall–Kier alpha value is -1.97. The van der Waals surface area contributed by atoms with Gasteiger partial charge in [0.1, 0.15) is 0 Å². The summed E-state index contributed by atoms with van der Waals surface area (Å²) in [5.74, 6) is -0.0275. The second-order valence-electron chi connectivity index (χ2n) is 7.25. The maximum absolute atomic E-state index is 12.5. The molecule has 1 aromatic heterocycles. The van der Waals surface area contributed by atoms with Crippen molar-refractivity contribution < 1.29 is 13.2 Å². The summed E-state index contributed by atoms with van der Waals surface area (Å²) in [5, 5.41) is 3.33. The Kier molecular flexibility index (Phi) is 7.26. The molecule has 1 aromatic carbocycles. The van der Waals surface area contributed by atoms with Gasteiger partial charge in [0.05, 0.1) is 10.6 Å². The number of nitrogens with zero attached hydrogens (tertiary/aromatic N) is 2. The molecule has 1 amide bonds. The zero-order valence-corrected chi connectivity index (χ0v) is 18.3. The van der Waals surface area contributed by atoms with Crippen molar-refractivity contribution in [3.8, 4) is 0 Å². The summed E-state index contributed by atoms with van der Waals surface area (Å²) < 4.78 is 27.9. The van der Waals surface area contributed by atoms with E-state index >= 15 is 0 Å². The van der Waals surface area contributed by atoms with Crippen LogP contribution in [0.25, 0.3) is 0 Å². The molecule has 0 aliphatic heterocycles. The zero-order chi connectivity index (χ0) is 20.9. The van der Waals surface area contributed by atoms with Crippen molar-refractivity contribution in [3.05, 3.63) is 41.7 Å². The predicted octanol–water partition coefficient (Wildman–Crippen LogP) is 3.44. The average Bonchev–Trinajstić information content (AvgIpc) is 2.66. The molecule has 3 rings (SSSR count). The zero-order valence-electron chi connectivity index (χ0n) is 16.6. The molecule has 1 heterocycles. The SMILES string of the molecule is Cc1cc(C)nc(SCC(=O)Nc2ccc(S(=O)(=O)NC3CCCCC3)cc2)n1. The third-order valence-corrected chi connectivity index (χ3v) is 7.05. The Morgan fingerprint density at radius 1 is 1.07 bits per heavy atom. The van der Waals surface area contributed by atoms with E-state index in [1.807, 2.05) is 19.9 Å². The van der Waals surface area contributed by atoms with Crippen LogP contribution in [0.5, 0.6) is 0 Å². The first-order valence-corrected chi connectivity index (χ1v) is 12.2. The molecule has 2 aromatic rings. The number of aryl methyl sites for hydroxylation is 2. The number of hydrogen-bond acceptors (Lipinski definition) is 6. The predicted molar refractivity (Wildman–Crippen MR) is 114 cm³/mol. The van der Waals surface area contributed by atoms with Crippen molar-refractivity contribution in [1.29, 1.82) is 0 Å². The van der Waals surface area contributed by atoms with Gasteiger partial charge in [0.15, 0.2) is 5.16 Å². The van der Waals surface area contributed by atoms with Crippen molar-refractivity contribution in [1.82, 2.24) is 14.7 Å². The van der Waals surface area contributed by atoms with Crippen LogP contribution in [0.3, 0.4) is 0 Å². The molecule has 1 saturated carbocycles. The van der Waals surface area contributed by atoms with E-state index in [0.29, 0.717) is 10.8 Å². The van der Waals surface area contributed by atoms with Gasteiger partial charge in [0.25, 0.3) is 0 Å². The Balaban J connectivity index is 1.54. The van der Waals surface area contributed by atoms with E-state index in [0.717, 1.165) is 37.1 Å². The van der Waals surface area contributed by atoms with Crippen LogP contribution in [-0.2, 0) is 14.8 Å². The van der Waals surface area contributed by atoms with Gasteiger partial charge in [-0.05, 0) is 57.0 Å². The van der Waals surface area contributed by atoms with E-state index in [9.17, 15) is 13.2 Å². The quantitative estimate of drug-likeness (QED) is 0.511. The smallest absolute Gasteiger partial charge is 0.240 e. The fourth-order valence-electron chi connectivity index (χ4n) is 3.31. The summed E-state index contributed by atoms with van der Waals surface area (Å²) in [4.78, 5) is 21.0. The van der Waals surface area contributed by atoms with E-state index in [2.05, 4.69) is 20.0 Å². The summed E-state index contributed by atoms with van der Waals surface area (Å²) in [5.41, 5.74) is 2.27. The van der Waals surface area contributed by atoms with Crippen molar-refractivity contribution in [2.24, 2.45) is 0 Å². The van der Waals surface area contributed by atoms with Gasteiger partial charge in [-0.3, -0.25) is 4.79 Å². The van der Waals surface area contributed by atoms with Gasteiger partial charge in [-0.25, -0.2) is 23.1 Å². The lowest BCUT2D eigenvalue weighted by atomic mass is 9.96. The molecule has 29 heavy (non-hydrogen) atoms. The van der Waals surface area contributed by atoms with Crippen molar-refractivity contribution in [3.63, 3.8) is 0 Å². The van der Waals surface area contributed by atoms with Crippen LogP contribution >= 0.6 is 11.8 Å². The van der Waals surface area contributed by atoms with Crippen molar-refractivity contribution in [2.45, 2.75) is 62.0 Å². The number of carbonyl (C=O) groups is 1. The Labute approximate surface area is 176 Å². The third-order valence-electron chi connectivity index (χ3n) is 4.67. The molecule has 9 heteroatoms. The van der Waals surface area contributed by atoms with E-state index in [1.54, 1.807) is 12.1 Å². The molecule has 1 aliphatic rings. The molecular weight excluding hydrogens is 408 g/mol. The second-order valence-corrected chi connectivity index (χ2v) is 9.91. The Morgan fingerprint density at radius 3 is 2.31 bits per heavy atom. The van der Waals surface area contributed by atoms with Gasteiger partial charge in [-0.1, -0.05) is 31.0 Å². The molecule has 0 atom stereocenters. The summed E-state index contributed by atoms with van der Waals surface area (Å²) >= 11 is 1.26. The summed E-state index contributed by atoms with van der Waals surface area (Å²) in [7, 11) is -3.54. The molecule has 0 radical (unpaired) electrons. The number of thioether (sulfide) groups is 1. The topological polar surface area (TPSA) is 101 Å². The normalized spacial score (nSPS) is 15.2. The number of sulfonamides is 1. The van der Waals surface area contributed by atoms with Crippen LogP contribution < -0.4 is 10.0 Å². The minimum atomic E-state index is -3.54. The van der Waals surface area contributed by atoms with Gasteiger partial charge in [0, 0.05) is 23.1 Å². The first kappa shape index (κ1) is 21.7. The lowest BCUT2D eigenvalue weighted by molar-refractivity contribution is -0.113. The van der Waals surface area contributed by atoms with Crippen molar-refractivity contribution >= 4 is 33.4 Å². The highest BCUT2D eigenvalue weighted by atomic mass is 32.2. The molecule has 0 unspecified atom stereocenters. The fraction of sp³-hybridized carbons (Fsp3) is 0.450. The molecule has 2 N–H and O–H groups in total. The minimum absolute atomic E-state index is 0.0117. The van der Waals surface area contributed by atoms with E-state index in [4.69, 9.17) is 0 Å². The molecule has 0 spiro atoms. The van der Waals surface area contributed by atoms with Crippen LogP contribution in [0.15, 0.2) is 40.4 Å². The van der Waals surface area contributed by atoms with Gasteiger partial charge in [-0.2, -0.15) is 0 Å². The third kappa shape index (κ3) is 6.52. The average molecular weight is 435 g/mol. The molecule has 0 saturated heterocycles. The molecular formula is C20H26N4O3S2. The molecule has 1 fully saturated rings. The first-order chi connectivity index (χ1) is 13.8. The first-order valence-electron chi connectivity index (χ1n) is 9.69. The minimum Gasteiger partial charge on any atom is -0.325 e.